The number of nitrogens with one attached hydrogen (secondary N) is 1. The minimum atomic E-state index is -0.536. The van der Waals surface area contributed by atoms with Crippen molar-refractivity contribution < 1.29 is 18.7 Å². The van der Waals surface area contributed by atoms with Crippen molar-refractivity contribution in [1.29, 1.82) is 0 Å². The zero-order valence-electron chi connectivity index (χ0n) is 17.0. The fourth-order valence-corrected chi connectivity index (χ4v) is 4.25. The first-order valence-electron chi connectivity index (χ1n) is 10.5. The maximum absolute atomic E-state index is 12.9. The van der Waals surface area contributed by atoms with Gasteiger partial charge < -0.3 is 19.4 Å². The lowest BCUT2D eigenvalue weighted by molar-refractivity contribution is -0.132. The second-order valence-electron chi connectivity index (χ2n) is 7.96. The number of benzene rings is 2. The van der Waals surface area contributed by atoms with Crippen LogP contribution in [0.1, 0.15) is 24.0 Å². The van der Waals surface area contributed by atoms with Crippen molar-refractivity contribution in [1.82, 2.24) is 9.47 Å². The van der Waals surface area contributed by atoms with Crippen LogP contribution in [0.25, 0.3) is 11.1 Å². The minimum Gasteiger partial charge on any atom is -0.408 e. The summed E-state index contributed by atoms with van der Waals surface area (Å²) >= 11 is 0. The lowest BCUT2D eigenvalue weighted by Crippen LogP contribution is -2.39. The van der Waals surface area contributed by atoms with Gasteiger partial charge in [-0.2, -0.15) is 0 Å². The molecule has 3 aromatic rings. The number of amides is 2. The predicted molar refractivity (Wildman–Crippen MR) is 114 cm³/mol. The number of oxazole rings is 1. The Morgan fingerprint density at radius 2 is 2.00 bits per heavy atom. The van der Waals surface area contributed by atoms with E-state index in [9.17, 15) is 14.4 Å². The Morgan fingerprint density at radius 1 is 1.13 bits per heavy atom. The summed E-state index contributed by atoms with van der Waals surface area (Å²) in [5.74, 6) is -0.813. The normalized spacial score (nSPS) is 18.2. The van der Waals surface area contributed by atoms with Gasteiger partial charge in [0.2, 0.25) is 5.91 Å². The summed E-state index contributed by atoms with van der Waals surface area (Å²) < 4.78 is 12.0. The van der Waals surface area contributed by atoms with E-state index < -0.39 is 11.9 Å². The highest BCUT2D eigenvalue weighted by Crippen LogP contribution is 2.24. The molecule has 8 heteroatoms. The predicted octanol–water partition coefficient (Wildman–Crippen LogP) is 2.30. The SMILES string of the molecule is O=C(Nc1ccc2c(c1)CN(C(=O)Cn1c(=O)oc3ccccc31)CC2)[C@@H]1CCCO1. The molecule has 160 valence electrons. The molecule has 0 aliphatic carbocycles. The molecule has 8 nitrogen and oxygen atoms in total. The van der Waals surface area contributed by atoms with Gasteiger partial charge in [0.25, 0.3) is 5.91 Å². The van der Waals surface area contributed by atoms with Crippen LogP contribution in [-0.2, 0) is 33.8 Å². The molecule has 0 saturated carbocycles. The Hall–Kier alpha value is -3.39. The average molecular weight is 421 g/mol. The van der Waals surface area contributed by atoms with Crippen LogP contribution in [-0.4, -0.2) is 40.5 Å². The third kappa shape index (κ3) is 3.86. The molecule has 2 amide bonds. The van der Waals surface area contributed by atoms with Gasteiger partial charge >= 0.3 is 5.76 Å². The van der Waals surface area contributed by atoms with Gasteiger partial charge in [0.15, 0.2) is 5.58 Å². The largest absolute Gasteiger partial charge is 0.420 e. The van der Waals surface area contributed by atoms with Gasteiger partial charge in [-0.05, 0) is 54.7 Å². The highest BCUT2D eigenvalue weighted by atomic mass is 16.5. The van der Waals surface area contributed by atoms with Crippen LogP contribution in [0, 0.1) is 0 Å². The van der Waals surface area contributed by atoms with Gasteiger partial charge in [-0.1, -0.05) is 18.2 Å². The Labute approximate surface area is 178 Å². The maximum Gasteiger partial charge on any atom is 0.420 e. The van der Waals surface area contributed by atoms with E-state index in [-0.39, 0.29) is 18.4 Å². The maximum atomic E-state index is 12.9. The monoisotopic (exact) mass is 421 g/mol. The first kappa shape index (κ1) is 19.6. The molecule has 2 aliphatic heterocycles. The number of ether oxygens (including phenoxy) is 1. The summed E-state index contributed by atoms with van der Waals surface area (Å²) in [5, 5.41) is 2.92. The van der Waals surface area contributed by atoms with Crippen LogP contribution in [0.5, 0.6) is 0 Å². The van der Waals surface area contributed by atoms with E-state index >= 15 is 0 Å². The molecule has 1 saturated heterocycles. The Morgan fingerprint density at radius 3 is 2.84 bits per heavy atom. The highest BCUT2D eigenvalue weighted by molar-refractivity contribution is 5.94. The van der Waals surface area contributed by atoms with Gasteiger partial charge in [-0.3, -0.25) is 14.2 Å². The lowest BCUT2D eigenvalue weighted by atomic mass is 9.99. The molecule has 2 aromatic carbocycles. The Bertz CT molecular complexity index is 1210. The number of aromatic nitrogens is 1. The molecule has 1 aromatic heterocycles. The van der Waals surface area contributed by atoms with Gasteiger partial charge in [-0.25, -0.2) is 4.79 Å². The third-order valence-corrected chi connectivity index (χ3v) is 5.93. The van der Waals surface area contributed by atoms with E-state index in [2.05, 4.69) is 5.32 Å². The van der Waals surface area contributed by atoms with Crippen molar-refractivity contribution in [3.63, 3.8) is 0 Å². The molecule has 3 heterocycles. The van der Waals surface area contributed by atoms with Crippen LogP contribution >= 0.6 is 0 Å². The summed E-state index contributed by atoms with van der Waals surface area (Å²) in [5.41, 5.74) is 3.93. The zero-order valence-corrected chi connectivity index (χ0v) is 17.0. The van der Waals surface area contributed by atoms with Gasteiger partial charge in [0.1, 0.15) is 12.6 Å². The molecule has 0 unspecified atom stereocenters. The van der Waals surface area contributed by atoms with Crippen molar-refractivity contribution in [3.05, 3.63) is 64.1 Å². The van der Waals surface area contributed by atoms with Crippen molar-refractivity contribution in [2.45, 2.75) is 38.5 Å². The summed E-state index contributed by atoms with van der Waals surface area (Å²) in [7, 11) is 0. The molecule has 0 radical (unpaired) electrons. The molecule has 0 spiro atoms. The topological polar surface area (TPSA) is 93.8 Å². The summed E-state index contributed by atoms with van der Waals surface area (Å²) in [4.78, 5) is 39.2. The molecule has 2 aliphatic rings. The number of fused-ring (bicyclic) bond motifs is 2. The minimum absolute atomic E-state index is 0.0688. The van der Waals surface area contributed by atoms with Crippen LogP contribution in [0.15, 0.2) is 51.7 Å². The number of anilines is 1. The smallest absolute Gasteiger partial charge is 0.408 e. The second-order valence-corrected chi connectivity index (χ2v) is 7.96. The van der Waals surface area contributed by atoms with Crippen molar-refractivity contribution in [2.24, 2.45) is 0 Å². The lowest BCUT2D eigenvalue weighted by Gasteiger charge is -2.29. The molecule has 1 atom stereocenters. The van der Waals surface area contributed by atoms with E-state index in [1.54, 1.807) is 23.1 Å². The number of para-hydroxylation sites is 2. The highest BCUT2D eigenvalue weighted by Gasteiger charge is 2.25. The fraction of sp³-hybridized carbons (Fsp3) is 0.348. The molecule has 5 rings (SSSR count). The number of carbonyl (C=O) groups is 2. The quantitative estimate of drug-likeness (QED) is 0.698. The van der Waals surface area contributed by atoms with E-state index in [1.165, 1.54) is 4.57 Å². The Kier molecular flexibility index (Phi) is 5.07. The number of hydrogen-bond acceptors (Lipinski definition) is 5. The van der Waals surface area contributed by atoms with Crippen molar-refractivity contribution in [3.8, 4) is 0 Å². The fourth-order valence-electron chi connectivity index (χ4n) is 4.25. The first-order chi connectivity index (χ1) is 15.1. The third-order valence-electron chi connectivity index (χ3n) is 5.93. The zero-order chi connectivity index (χ0) is 21.4. The van der Waals surface area contributed by atoms with Crippen LogP contribution in [0.2, 0.25) is 0 Å². The van der Waals surface area contributed by atoms with Crippen LogP contribution in [0.3, 0.4) is 0 Å². The summed E-state index contributed by atoms with van der Waals surface area (Å²) in [6.07, 6.45) is 1.97. The number of hydrogen-bond donors (Lipinski definition) is 1. The van der Waals surface area contributed by atoms with Crippen LogP contribution < -0.4 is 11.1 Å². The molecule has 0 bridgehead atoms. The molecule has 1 fully saturated rings. The van der Waals surface area contributed by atoms with E-state index in [0.717, 1.165) is 30.4 Å². The summed E-state index contributed by atoms with van der Waals surface area (Å²) in [6, 6.07) is 12.9. The van der Waals surface area contributed by atoms with E-state index in [4.69, 9.17) is 9.15 Å². The van der Waals surface area contributed by atoms with Gasteiger partial charge in [0.05, 0.1) is 5.52 Å². The number of rotatable bonds is 4. The van der Waals surface area contributed by atoms with E-state index in [0.29, 0.717) is 36.5 Å². The Balaban J connectivity index is 1.30. The standard InChI is InChI=1S/C23H23N3O5/c27-21(14-26-18-4-1-2-5-19(18)31-23(26)29)25-10-9-15-7-8-17(12-16(15)13-25)24-22(28)20-6-3-11-30-20/h1-2,4-5,7-8,12,20H,3,6,9-11,13-14H2,(H,24,28)/t20-/m0/s1. The van der Waals surface area contributed by atoms with Crippen LogP contribution in [0.4, 0.5) is 5.69 Å². The molecular formula is C23H23N3O5. The van der Waals surface area contributed by atoms with Gasteiger partial charge in [0, 0.05) is 25.4 Å². The second kappa shape index (κ2) is 8.03. The van der Waals surface area contributed by atoms with E-state index in [1.807, 2.05) is 24.3 Å². The molecule has 31 heavy (non-hydrogen) atoms. The van der Waals surface area contributed by atoms with Gasteiger partial charge in [-0.15, -0.1) is 0 Å². The number of nitrogens with zero attached hydrogens (tertiary/aromatic N) is 2. The number of carbonyl (C=O) groups excluding carboxylic acids is 2. The molecular weight excluding hydrogens is 398 g/mol. The molecule has 1 N–H and O–H groups in total. The van der Waals surface area contributed by atoms with Crippen molar-refractivity contribution >= 4 is 28.6 Å². The average Bonchev–Trinajstić information content (AvgIpc) is 3.42. The summed E-state index contributed by atoms with van der Waals surface area (Å²) in [6.45, 7) is 1.56. The van der Waals surface area contributed by atoms with Crippen molar-refractivity contribution in [2.75, 3.05) is 18.5 Å². The first-order valence-corrected chi connectivity index (χ1v) is 10.5.